The van der Waals surface area contributed by atoms with Crippen molar-refractivity contribution < 1.29 is 28.8 Å². The minimum Gasteiger partial charge on any atom is -0.493 e. The molecule has 11 heteroatoms. The average Bonchev–Trinajstić information content (AvgIpc) is 3.34. The van der Waals surface area contributed by atoms with E-state index >= 15 is 0 Å². The number of nitrogens with zero attached hydrogens (tertiary/aromatic N) is 1. The molecule has 2 N–H and O–H groups in total. The largest absolute Gasteiger partial charge is 0.493 e. The van der Waals surface area contributed by atoms with Crippen molar-refractivity contribution in [3.63, 3.8) is 0 Å². The molecular weight excluding hydrogens is 655 g/mol. The Bertz CT molecular complexity index is 1590. The van der Waals surface area contributed by atoms with Gasteiger partial charge in [-0.2, -0.15) is 0 Å². The summed E-state index contributed by atoms with van der Waals surface area (Å²) in [5.41, 5.74) is -0.114. The topological polar surface area (TPSA) is 121 Å². The second kappa shape index (κ2) is 12.8. The van der Waals surface area contributed by atoms with Gasteiger partial charge in [0.1, 0.15) is 23.9 Å². The van der Waals surface area contributed by atoms with Crippen molar-refractivity contribution in [2.24, 2.45) is 0 Å². The predicted molar refractivity (Wildman–Crippen MR) is 163 cm³/mol. The van der Waals surface area contributed by atoms with Crippen LogP contribution in [0.15, 0.2) is 94.6 Å². The molecule has 3 aromatic carbocycles. The standard InChI is InChI=1S/C31H31IN2O8/c1-38-23-16-10-15-21(26(23)39-2)31(19-11-6-4-7-12-19,20-13-8-5-9-14-20)41-18-24-25(35)27(40-3)29(42-24)34-17-22(32)28(36)33-30(34)37/h4-17,24-25,27,29,35H,18H2,1-3H3,(H,33,36,37). The molecule has 5 rings (SSSR count). The molecule has 4 aromatic rings. The summed E-state index contributed by atoms with van der Waals surface area (Å²) in [7, 11) is 4.57. The zero-order valence-corrected chi connectivity index (χ0v) is 25.4. The Hall–Kier alpha value is -3.49. The van der Waals surface area contributed by atoms with Gasteiger partial charge in [-0.15, -0.1) is 0 Å². The van der Waals surface area contributed by atoms with E-state index in [4.69, 9.17) is 23.7 Å². The van der Waals surface area contributed by atoms with Crippen LogP contribution in [0.3, 0.4) is 0 Å². The number of nitrogens with one attached hydrogen (secondary N) is 1. The Balaban J connectivity index is 1.61. The fraction of sp³-hybridized carbons (Fsp3) is 0.290. The number of methoxy groups -OCH3 is 3. The van der Waals surface area contributed by atoms with Gasteiger partial charge in [0.2, 0.25) is 0 Å². The highest BCUT2D eigenvalue weighted by atomic mass is 127. The van der Waals surface area contributed by atoms with Crippen molar-refractivity contribution in [3.8, 4) is 11.5 Å². The maximum absolute atomic E-state index is 12.7. The quantitative estimate of drug-likeness (QED) is 0.193. The molecule has 1 aliphatic rings. The van der Waals surface area contributed by atoms with Crippen molar-refractivity contribution in [1.82, 2.24) is 9.55 Å². The predicted octanol–water partition coefficient (Wildman–Crippen LogP) is 3.44. The van der Waals surface area contributed by atoms with Gasteiger partial charge in [-0.1, -0.05) is 72.8 Å². The van der Waals surface area contributed by atoms with Crippen LogP contribution in [0.25, 0.3) is 0 Å². The summed E-state index contributed by atoms with van der Waals surface area (Å²) in [6.45, 7) is -0.100. The molecule has 1 saturated heterocycles. The molecule has 0 aliphatic carbocycles. The van der Waals surface area contributed by atoms with E-state index in [0.717, 1.165) is 11.1 Å². The van der Waals surface area contributed by atoms with Gasteiger partial charge in [-0.3, -0.25) is 14.3 Å². The summed E-state index contributed by atoms with van der Waals surface area (Å²) in [5.74, 6) is 1.01. The third-order valence-corrected chi connectivity index (χ3v) is 8.16. The van der Waals surface area contributed by atoms with Crippen LogP contribution in [-0.4, -0.2) is 60.9 Å². The first kappa shape index (κ1) is 30.0. The molecule has 42 heavy (non-hydrogen) atoms. The molecular formula is C31H31IN2O8. The fourth-order valence-electron chi connectivity index (χ4n) is 5.42. The monoisotopic (exact) mass is 686 g/mol. The van der Waals surface area contributed by atoms with Crippen molar-refractivity contribution >= 4 is 22.6 Å². The molecule has 2 heterocycles. The lowest BCUT2D eigenvalue weighted by atomic mass is 9.79. The summed E-state index contributed by atoms with van der Waals surface area (Å²) in [6, 6.07) is 24.9. The third-order valence-electron chi connectivity index (χ3n) is 7.39. The van der Waals surface area contributed by atoms with E-state index in [1.165, 1.54) is 17.9 Å². The van der Waals surface area contributed by atoms with Gasteiger partial charge in [0.25, 0.3) is 5.56 Å². The van der Waals surface area contributed by atoms with E-state index < -0.39 is 41.4 Å². The van der Waals surface area contributed by atoms with Crippen LogP contribution < -0.4 is 20.7 Å². The number of rotatable bonds is 10. The summed E-state index contributed by atoms with van der Waals surface area (Å²) in [6.07, 6.45) is -2.60. The highest BCUT2D eigenvalue weighted by Gasteiger charge is 2.48. The molecule has 1 aliphatic heterocycles. The van der Waals surface area contributed by atoms with Gasteiger partial charge < -0.3 is 28.8 Å². The number of H-pyrrole nitrogens is 1. The number of benzene rings is 3. The SMILES string of the molecule is COc1cccc(C(OCC2OC(n3cc(I)c(=O)[nH]c3=O)C(OC)C2O)(c2ccccc2)c2ccccc2)c1OC. The summed E-state index contributed by atoms with van der Waals surface area (Å²) in [4.78, 5) is 26.9. The smallest absolute Gasteiger partial charge is 0.330 e. The summed E-state index contributed by atoms with van der Waals surface area (Å²) < 4.78 is 31.7. The lowest BCUT2D eigenvalue weighted by Crippen LogP contribution is -2.41. The van der Waals surface area contributed by atoms with Crippen molar-refractivity contribution in [2.75, 3.05) is 27.9 Å². The van der Waals surface area contributed by atoms with Crippen LogP contribution in [0.1, 0.15) is 22.9 Å². The Morgan fingerprint density at radius 1 is 0.929 bits per heavy atom. The number of ether oxygens (including phenoxy) is 5. The summed E-state index contributed by atoms with van der Waals surface area (Å²) in [5, 5.41) is 11.3. The van der Waals surface area contributed by atoms with Crippen LogP contribution in [0.4, 0.5) is 0 Å². The van der Waals surface area contributed by atoms with E-state index in [1.807, 2.05) is 101 Å². The molecule has 0 amide bonds. The van der Waals surface area contributed by atoms with Gasteiger partial charge in [-0.25, -0.2) is 4.79 Å². The first-order valence-electron chi connectivity index (χ1n) is 13.2. The van der Waals surface area contributed by atoms with E-state index in [-0.39, 0.29) is 10.2 Å². The first-order valence-corrected chi connectivity index (χ1v) is 14.3. The van der Waals surface area contributed by atoms with Crippen molar-refractivity contribution in [3.05, 3.63) is 126 Å². The maximum Gasteiger partial charge on any atom is 0.330 e. The van der Waals surface area contributed by atoms with Gasteiger partial charge in [0.15, 0.2) is 17.7 Å². The normalized spacial score (nSPS) is 20.4. The zero-order valence-electron chi connectivity index (χ0n) is 23.2. The minimum absolute atomic E-state index is 0.100. The molecule has 4 atom stereocenters. The Labute approximate surface area is 255 Å². The second-order valence-electron chi connectivity index (χ2n) is 9.66. The van der Waals surface area contributed by atoms with Crippen molar-refractivity contribution in [2.45, 2.75) is 30.1 Å². The number of para-hydroxylation sites is 1. The van der Waals surface area contributed by atoms with Crippen molar-refractivity contribution in [1.29, 1.82) is 0 Å². The molecule has 10 nitrogen and oxygen atoms in total. The zero-order chi connectivity index (χ0) is 29.9. The van der Waals surface area contributed by atoms with Crippen LogP contribution in [-0.2, 0) is 19.8 Å². The average molecular weight is 686 g/mol. The highest BCUT2D eigenvalue weighted by Crippen LogP contribution is 2.48. The van der Waals surface area contributed by atoms with Crippen LogP contribution in [0.2, 0.25) is 0 Å². The number of hydrogen-bond acceptors (Lipinski definition) is 8. The lowest BCUT2D eigenvalue weighted by Gasteiger charge is -2.38. The fourth-order valence-corrected chi connectivity index (χ4v) is 5.86. The Kier molecular flexibility index (Phi) is 9.13. The molecule has 0 spiro atoms. The van der Waals surface area contributed by atoms with E-state index in [1.54, 1.807) is 14.2 Å². The van der Waals surface area contributed by atoms with Crippen LogP contribution in [0, 0.1) is 3.57 Å². The number of aromatic nitrogens is 2. The van der Waals surface area contributed by atoms with Crippen LogP contribution in [0.5, 0.6) is 11.5 Å². The second-order valence-corrected chi connectivity index (χ2v) is 10.8. The van der Waals surface area contributed by atoms with Gasteiger partial charge in [-0.05, 0) is 39.8 Å². The molecule has 0 radical (unpaired) electrons. The van der Waals surface area contributed by atoms with E-state index in [2.05, 4.69) is 4.98 Å². The number of aliphatic hydroxyl groups excluding tert-OH is 1. The lowest BCUT2D eigenvalue weighted by molar-refractivity contribution is -0.0971. The molecule has 0 saturated carbocycles. The molecule has 1 aromatic heterocycles. The number of aliphatic hydroxyl groups is 1. The van der Waals surface area contributed by atoms with Gasteiger partial charge in [0, 0.05) is 18.9 Å². The summed E-state index contributed by atoms with van der Waals surface area (Å²) >= 11 is 1.83. The third kappa shape index (κ3) is 5.38. The van der Waals surface area contributed by atoms with Gasteiger partial charge in [0.05, 0.1) is 24.4 Å². The Morgan fingerprint density at radius 3 is 2.14 bits per heavy atom. The molecule has 4 unspecified atom stereocenters. The van der Waals surface area contributed by atoms with Gasteiger partial charge >= 0.3 is 5.69 Å². The molecule has 1 fully saturated rings. The van der Waals surface area contributed by atoms with E-state index in [9.17, 15) is 14.7 Å². The van der Waals surface area contributed by atoms with Crippen LogP contribution >= 0.6 is 22.6 Å². The number of hydrogen-bond donors (Lipinski definition) is 2. The number of halogens is 1. The maximum atomic E-state index is 12.7. The number of aromatic amines is 1. The minimum atomic E-state index is -1.23. The Morgan fingerprint density at radius 2 is 1.57 bits per heavy atom. The molecule has 220 valence electrons. The first-order chi connectivity index (χ1) is 20.3. The highest BCUT2D eigenvalue weighted by molar-refractivity contribution is 14.1. The van der Waals surface area contributed by atoms with E-state index in [0.29, 0.717) is 17.1 Å². The molecule has 0 bridgehead atoms.